The van der Waals surface area contributed by atoms with Crippen LogP contribution < -0.4 is 5.32 Å². The van der Waals surface area contributed by atoms with Crippen molar-refractivity contribution in [3.63, 3.8) is 0 Å². The molecule has 0 spiro atoms. The van der Waals surface area contributed by atoms with Crippen LogP contribution in [0.1, 0.15) is 28.7 Å². The fourth-order valence-electron chi connectivity index (χ4n) is 1.92. The fraction of sp³-hybridized carbons (Fsp3) is 0.333. The Balaban J connectivity index is 2.10. The van der Waals surface area contributed by atoms with Crippen LogP contribution >= 0.6 is 11.6 Å². The minimum Gasteiger partial charge on any atom is -0.372 e. The van der Waals surface area contributed by atoms with E-state index in [4.69, 9.17) is 20.9 Å². The molecule has 0 fully saturated rings. The minimum atomic E-state index is -0.681. The first-order chi connectivity index (χ1) is 9.94. The van der Waals surface area contributed by atoms with Crippen LogP contribution in [-0.2, 0) is 10.3 Å². The number of rotatable bonds is 5. The number of amides is 1. The van der Waals surface area contributed by atoms with Crippen molar-refractivity contribution in [3.8, 4) is 0 Å². The second kappa shape index (κ2) is 6.28. The van der Waals surface area contributed by atoms with E-state index >= 15 is 0 Å². The van der Waals surface area contributed by atoms with Gasteiger partial charge in [0.1, 0.15) is 11.4 Å². The summed E-state index contributed by atoms with van der Waals surface area (Å²) in [5, 5.41) is 7.09. The van der Waals surface area contributed by atoms with E-state index in [1.807, 2.05) is 25.1 Å². The van der Waals surface area contributed by atoms with Crippen LogP contribution in [0.4, 0.5) is 0 Å². The molecule has 1 N–H and O–H groups in total. The highest BCUT2D eigenvalue weighted by Gasteiger charge is 2.27. The van der Waals surface area contributed by atoms with Crippen molar-refractivity contribution in [1.82, 2.24) is 10.5 Å². The number of nitrogens with one attached hydrogen (secondary N) is 1. The van der Waals surface area contributed by atoms with Crippen molar-refractivity contribution in [1.29, 1.82) is 0 Å². The van der Waals surface area contributed by atoms with E-state index in [-0.39, 0.29) is 18.1 Å². The zero-order valence-electron chi connectivity index (χ0n) is 12.1. The van der Waals surface area contributed by atoms with Gasteiger partial charge in [-0.25, -0.2) is 0 Å². The van der Waals surface area contributed by atoms with Crippen LogP contribution in [0.15, 0.2) is 34.9 Å². The number of hydrogen-bond donors (Lipinski definition) is 1. The Labute approximate surface area is 128 Å². The van der Waals surface area contributed by atoms with Crippen LogP contribution in [0.2, 0.25) is 5.02 Å². The average Bonchev–Trinajstić information content (AvgIpc) is 2.91. The van der Waals surface area contributed by atoms with Crippen molar-refractivity contribution in [2.45, 2.75) is 19.4 Å². The van der Waals surface area contributed by atoms with Gasteiger partial charge in [-0.05, 0) is 31.5 Å². The number of hydrogen-bond acceptors (Lipinski definition) is 4. The largest absolute Gasteiger partial charge is 0.372 e. The Kier molecular flexibility index (Phi) is 4.65. The number of methoxy groups -OCH3 is 1. The lowest BCUT2D eigenvalue weighted by atomic mass is 9.95. The van der Waals surface area contributed by atoms with E-state index in [1.165, 1.54) is 0 Å². The van der Waals surface area contributed by atoms with E-state index in [9.17, 15) is 4.79 Å². The smallest absolute Gasteiger partial charge is 0.273 e. The first-order valence-corrected chi connectivity index (χ1v) is 6.85. The van der Waals surface area contributed by atoms with Gasteiger partial charge in [0, 0.05) is 18.2 Å². The highest BCUT2D eigenvalue weighted by atomic mass is 35.5. The molecular weight excluding hydrogens is 292 g/mol. The summed E-state index contributed by atoms with van der Waals surface area (Å²) in [5.41, 5.74) is 0.450. The molecule has 21 heavy (non-hydrogen) atoms. The summed E-state index contributed by atoms with van der Waals surface area (Å²) in [7, 11) is 1.59. The third-order valence-corrected chi connectivity index (χ3v) is 3.57. The topological polar surface area (TPSA) is 64.4 Å². The lowest BCUT2D eigenvalue weighted by Crippen LogP contribution is -2.40. The van der Waals surface area contributed by atoms with Crippen molar-refractivity contribution in [2.75, 3.05) is 13.7 Å². The van der Waals surface area contributed by atoms with Gasteiger partial charge in [-0.1, -0.05) is 28.9 Å². The van der Waals surface area contributed by atoms with Crippen LogP contribution in [-0.4, -0.2) is 24.7 Å². The van der Waals surface area contributed by atoms with Crippen molar-refractivity contribution in [3.05, 3.63) is 52.4 Å². The SMILES string of the molecule is CO[C@](C)(CNC(=O)c1cc(C)on1)c1cccc(Cl)c1. The average molecular weight is 309 g/mol. The molecule has 0 aliphatic carbocycles. The lowest BCUT2D eigenvalue weighted by molar-refractivity contribution is 0.00308. The molecule has 112 valence electrons. The Morgan fingerprint density at radius 2 is 2.24 bits per heavy atom. The van der Waals surface area contributed by atoms with E-state index in [0.717, 1.165) is 5.56 Å². The second-order valence-corrected chi connectivity index (χ2v) is 5.39. The maximum absolute atomic E-state index is 12.0. The Bertz CT molecular complexity index is 641. The monoisotopic (exact) mass is 308 g/mol. The number of carbonyl (C=O) groups is 1. The van der Waals surface area contributed by atoms with Gasteiger partial charge in [-0.2, -0.15) is 0 Å². The Morgan fingerprint density at radius 1 is 1.48 bits per heavy atom. The molecule has 0 unspecified atom stereocenters. The van der Waals surface area contributed by atoms with Crippen LogP contribution in [0.25, 0.3) is 0 Å². The van der Waals surface area contributed by atoms with Crippen LogP contribution in [0.5, 0.6) is 0 Å². The molecule has 0 aliphatic rings. The van der Waals surface area contributed by atoms with E-state index < -0.39 is 5.60 Å². The van der Waals surface area contributed by atoms with Crippen molar-refractivity contribution in [2.24, 2.45) is 0 Å². The molecule has 0 radical (unpaired) electrons. The molecule has 2 rings (SSSR count). The predicted octanol–water partition coefficient (Wildman–Crippen LogP) is 2.93. The van der Waals surface area contributed by atoms with Gasteiger partial charge >= 0.3 is 0 Å². The molecule has 2 aromatic rings. The Hall–Kier alpha value is -1.85. The molecule has 1 heterocycles. The van der Waals surface area contributed by atoms with Crippen molar-refractivity contribution < 1.29 is 14.1 Å². The van der Waals surface area contributed by atoms with Gasteiger partial charge in [0.15, 0.2) is 5.69 Å². The summed E-state index contributed by atoms with van der Waals surface area (Å²) in [6.07, 6.45) is 0. The first-order valence-electron chi connectivity index (χ1n) is 6.47. The molecule has 1 aromatic heterocycles. The third-order valence-electron chi connectivity index (χ3n) is 3.33. The number of aryl methyl sites for hydroxylation is 1. The summed E-state index contributed by atoms with van der Waals surface area (Å²) in [5.74, 6) is 0.279. The summed E-state index contributed by atoms with van der Waals surface area (Å²) in [6, 6.07) is 8.94. The summed E-state index contributed by atoms with van der Waals surface area (Å²) in [4.78, 5) is 12.0. The molecule has 6 heteroatoms. The molecule has 5 nitrogen and oxygen atoms in total. The molecule has 0 bridgehead atoms. The highest BCUT2D eigenvalue weighted by Crippen LogP contribution is 2.26. The highest BCUT2D eigenvalue weighted by molar-refractivity contribution is 6.30. The molecule has 1 aromatic carbocycles. The number of nitrogens with zero attached hydrogens (tertiary/aromatic N) is 1. The summed E-state index contributed by atoms with van der Waals surface area (Å²) < 4.78 is 10.4. The summed E-state index contributed by atoms with van der Waals surface area (Å²) in [6.45, 7) is 3.90. The summed E-state index contributed by atoms with van der Waals surface area (Å²) >= 11 is 6.00. The number of halogens is 1. The van der Waals surface area contributed by atoms with Gasteiger partial charge in [0.05, 0.1) is 6.54 Å². The molecular formula is C15H17ClN2O3. The first kappa shape index (κ1) is 15.5. The van der Waals surface area contributed by atoms with Gasteiger partial charge in [-0.3, -0.25) is 4.79 Å². The van der Waals surface area contributed by atoms with Gasteiger partial charge in [0.25, 0.3) is 5.91 Å². The number of aromatic nitrogens is 1. The molecule has 0 saturated carbocycles. The number of benzene rings is 1. The third kappa shape index (κ3) is 3.62. The van der Waals surface area contributed by atoms with Crippen molar-refractivity contribution >= 4 is 17.5 Å². The fourth-order valence-corrected chi connectivity index (χ4v) is 2.11. The normalized spacial score (nSPS) is 13.7. The molecule has 1 amide bonds. The van der Waals surface area contributed by atoms with E-state index in [0.29, 0.717) is 10.8 Å². The zero-order valence-corrected chi connectivity index (χ0v) is 12.9. The van der Waals surface area contributed by atoms with E-state index in [1.54, 1.807) is 26.2 Å². The van der Waals surface area contributed by atoms with E-state index in [2.05, 4.69) is 10.5 Å². The van der Waals surface area contributed by atoms with Gasteiger partial charge in [0.2, 0.25) is 0 Å². The maximum Gasteiger partial charge on any atom is 0.273 e. The Morgan fingerprint density at radius 3 is 2.81 bits per heavy atom. The quantitative estimate of drug-likeness (QED) is 0.922. The van der Waals surface area contributed by atoms with Crippen LogP contribution in [0, 0.1) is 6.92 Å². The van der Waals surface area contributed by atoms with Crippen LogP contribution in [0.3, 0.4) is 0 Å². The second-order valence-electron chi connectivity index (χ2n) is 4.95. The predicted molar refractivity (Wildman–Crippen MR) is 79.4 cm³/mol. The number of carbonyl (C=O) groups excluding carboxylic acids is 1. The maximum atomic E-state index is 12.0. The molecule has 1 atom stereocenters. The zero-order chi connectivity index (χ0) is 15.5. The molecule has 0 aliphatic heterocycles. The standard InChI is InChI=1S/C15H17ClN2O3/c1-10-7-13(18-21-10)14(19)17-9-15(2,20-3)11-5-4-6-12(16)8-11/h4-8H,9H2,1-3H3,(H,17,19)/t15-/m1/s1. The number of ether oxygens (including phenoxy) is 1. The van der Waals surface area contributed by atoms with Gasteiger partial charge < -0.3 is 14.6 Å². The lowest BCUT2D eigenvalue weighted by Gasteiger charge is -2.29. The molecule has 0 saturated heterocycles. The van der Waals surface area contributed by atoms with Gasteiger partial charge in [-0.15, -0.1) is 0 Å². The minimum absolute atomic E-state index is 0.247.